The molecule has 3 nitrogen and oxygen atoms in total. The summed E-state index contributed by atoms with van der Waals surface area (Å²) in [4.78, 5) is 0. The largest absolute Gasteiger partial charge is 0.327 e. The molecule has 102 valence electrons. The molecular weight excluding hydrogens is 290 g/mol. The number of halogens is 1. The third-order valence-electron chi connectivity index (χ3n) is 4.76. The smallest absolute Gasteiger partial charge is 0.0738 e. The lowest BCUT2D eigenvalue weighted by molar-refractivity contribution is 0.216. The van der Waals surface area contributed by atoms with E-state index in [2.05, 4.69) is 28.0 Å². The molecule has 1 heterocycles. The van der Waals surface area contributed by atoms with Crippen molar-refractivity contribution in [3.8, 4) is 0 Å². The maximum absolute atomic E-state index is 6.54. The molecule has 1 atom stereocenters. The molecule has 1 unspecified atom stereocenters. The summed E-state index contributed by atoms with van der Waals surface area (Å²) in [6, 6.07) is 0.246. The highest BCUT2D eigenvalue weighted by Gasteiger charge is 2.38. The SMILES string of the molecule is CCC1(C(N)Cc2c(Br)c(C)nn2C)CCCC1. The molecule has 0 spiro atoms. The van der Waals surface area contributed by atoms with Gasteiger partial charge >= 0.3 is 0 Å². The minimum absolute atomic E-state index is 0.246. The van der Waals surface area contributed by atoms with Crippen molar-refractivity contribution in [1.29, 1.82) is 0 Å². The highest BCUT2D eigenvalue weighted by Crippen LogP contribution is 2.44. The van der Waals surface area contributed by atoms with Crippen molar-refractivity contribution in [2.45, 2.75) is 58.4 Å². The van der Waals surface area contributed by atoms with E-state index >= 15 is 0 Å². The second kappa shape index (κ2) is 5.33. The van der Waals surface area contributed by atoms with Gasteiger partial charge in [-0.1, -0.05) is 19.8 Å². The molecule has 0 bridgehead atoms. The molecule has 2 rings (SSSR count). The summed E-state index contributed by atoms with van der Waals surface area (Å²) in [5.41, 5.74) is 9.19. The average molecular weight is 314 g/mol. The Hall–Kier alpha value is -0.350. The minimum Gasteiger partial charge on any atom is -0.327 e. The second-order valence-corrected chi connectivity index (χ2v) is 6.50. The van der Waals surface area contributed by atoms with Crippen LogP contribution in [0.1, 0.15) is 50.4 Å². The molecule has 1 aromatic rings. The van der Waals surface area contributed by atoms with Gasteiger partial charge in [-0.3, -0.25) is 4.68 Å². The van der Waals surface area contributed by atoms with E-state index < -0.39 is 0 Å². The molecule has 1 fully saturated rings. The Bertz CT molecular complexity index is 419. The summed E-state index contributed by atoms with van der Waals surface area (Å²) in [5, 5.41) is 4.45. The minimum atomic E-state index is 0.246. The monoisotopic (exact) mass is 313 g/mol. The first-order valence-corrected chi connectivity index (χ1v) is 7.73. The van der Waals surface area contributed by atoms with Gasteiger partial charge in [0.2, 0.25) is 0 Å². The van der Waals surface area contributed by atoms with Crippen LogP contribution < -0.4 is 5.73 Å². The number of aryl methyl sites for hydroxylation is 2. The second-order valence-electron chi connectivity index (χ2n) is 5.70. The fourth-order valence-corrected chi connectivity index (χ4v) is 3.89. The lowest BCUT2D eigenvalue weighted by Gasteiger charge is -2.34. The Morgan fingerprint density at radius 3 is 2.50 bits per heavy atom. The van der Waals surface area contributed by atoms with Gasteiger partial charge in [0.05, 0.1) is 15.9 Å². The van der Waals surface area contributed by atoms with E-state index in [0.717, 1.165) is 16.6 Å². The standard InChI is InChI=1S/C14H24BrN3/c1-4-14(7-5-6-8-14)12(16)9-11-13(15)10(2)17-18(11)3/h12H,4-9,16H2,1-3H3. The zero-order valence-electron chi connectivity index (χ0n) is 11.7. The number of hydrogen-bond acceptors (Lipinski definition) is 2. The van der Waals surface area contributed by atoms with E-state index in [1.54, 1.807) is 0 Å². The lowest BCUT2D eigenvalue weighted by Crippen LogP contribution is -2.41. The summed E-state index contributed by atoms with van der Waals surface area (Å²) >= 11 is 3.64. The van der Waals surface area contributed by atoms with E-state index in [4.69, 9.17) is 5.73 Å². The van der Waals surface area contributed by atoms with Crippen LogP contribution in [0.15, 0.2) is 4.47 Å². The van der Waals surface area contributed by atoms with Crippen molar-refractivity contribution in [2.24, 2.45) is 18.2 Å². The summed E-state index contributed by atoms with van der Waals surface area (Å²) in [6.45, 7) is 4.32. The predicted molar refractivity (Wildman–Crippen MR) is 78.5 cm³/mol. The normalized spacial score (nSPS) is 20.3. The van der Waals surface area contributed by atoms with Crippen molar-refractivity contribution < 1.29 is 0 Å². The van der Waals surface area contributed by atoms with Gasteiger partial charge in [0.25, 0.3) is 0 Å². The van der Waals surface area contributed by atoms with Crippen LogP contribution in [0.4, 0.5) is 0 Å². The Balaban J connectivity index is 2.18. The van der Waals surface area contributed by atoms with Crippen molar-refractivity contribution in [3.05, 3.63) is 15.9 Å². The summed E-state index contributed by atoms with van der Waals surface area (Å²) in [5.74, 6) is 0. The third kappa shape index (κ3) is 2.37. The van der Waals surface area contributed by atoms with E-state index in [1.165, 1.54) is 37.8 Å². The first kappa shape index (κ1) is 14.1. The Kier molecular flexibility index (Phi) is 4.17. The van der Waals surface area contributed by atoms with Crippen molar-refractivity contribution in [1.82, 2.24) is 9.78 Å². The maximum Gasteiger partial charge on any atom is 0.0738 e. The summed E-state index contributed by atoms with van der Waals surface area (Å²) in [6.07, 6.45) is 7.38. The molecule has 18 heavy (non-hydrogen) atoms. The van der Waals surface area contributed by atoms with E-state index in [0.29, 0.717) is 5.41 Å². The van der Waals surface area contributed by atoms with Gasteiger partial charge in [-0.05, 0) is 47.5 Å². The fourth-order valence-electron chi connectivity index (χ4n) is 3.39. The van der Waals surface area contributed by atoms with Gasteiger partial charge < -0.3 is 5.73 Å². The van der Waals surface area contributed by atoms with Crippen LogP contribution in [0.3, 0.4) is 0 Å². The molecule has 0 amide bonds. The molecule has 1 aliphatic carbocycles. The quantitative estimate of drug-likeness (QED) is 0.926. The van der Waals surface area contributed by atoms with Crippen LogP contribution in [0, 0.1) is 12.3 Å². The molecule has 4 heteroatoms. The van der Waals surface area contributed by atoms with Gasteiger partial charge in [0, 0.05) is 19.5 Å². The molecule has 1 aromatic heterocycles. The van der Waals surface area contributed by atoms with E-state index in [-0.39, 0.29) is 6.04 Å². The highest BCUT2D eigenvalue weighted by molar-refractivity contribution is 9.10. The van der Waals surface area contributed by atoms with Crippen molar-refractivity contribution in [2.75, 3.05) is 0 Å². The van der Waals surface area contributed by atoms with Crippen LogP contribution in [0.2, 0.25) is 0 Å². The predicted octanol–water partition coefficient (Wildman–Crippen LogP) is 3.33. The van der Waals surface area contributed by atoms with Crippen molar-refractivity contribution >= 4 is 15.9 Å². The molecule has 1 aliphatic rings. The summed E-state index contributed by atoms with van der Waals surface area (Å²) in [7, 11) is 2.01. The zero-order chi connectivity index (χ0) is 13.3. The van der Waals surface area contributed by atoms with Crippen LogP contribution in [-0.4, -0.2) is 15.8 Å². The Morgan fingerprint density at radius 1 is 1.44 bits per heavy atom. The molecule has 0 aliphatic heterocycles. The highest BCUT2D eigenvalue weighted by atomic mass is 79.9. The fraction of sp³-hybridized carbons (Fsp3) is 0.786. The number of aromatic nitrogens is 2. The van der Waals surface area contributed by atoms with Crippen LogP contribution in [0.5, 0.6) is 0 Å². The number of rotatable bonds is 4. The molecule has 1 saturated carbocycles. The first-order chi connectivity index (χ1) is 8.50. The molecule has 0 aromatic carbocycles. The Labute approximate surface area is 118 Å². The van der Waals surface area contributed by atoms with E-state index in [9.17, 15) is 0 Å². The molecular formula is C14H24BrN3. The first-order valence-electron chi connectivity index (χ1n) is 6.93. The number of nitrogens with zero attached hydrogens (tertiary/aromatic N) is 2. The van der Waals surface area contributed by atoms with Gasteiger partial charge in [-0.2, -0.15) is 5.10 Å². The molecule has 0 radical (unpaired) electrons. The van der Waals surface area contributed by atoms with Gasteiger partial charge in [-0.25, -0.2) is 0 Å². The van der Waals surface area contributed by atoms with Crippen LogP contribution >= 0.6 is 15.9 Å². The lowest BCUT2D eigenvalue weighted by atomic mass is 9.75. The Morgan fingerprint density at radius 2 is 2.06 bits per heavy atom. The zero-order valence-corrected chi connectivity index (χ0v) is 13.3. The van der Waals surface area contributed by atoms with E-state index in [1.807, 2.05) is 18.7 Å². The van der Waals surface area contributed by atoms with Crippen LogP contribution in [0.25, 0.3) is 0 Å². The van der Waals surface area contributed by atoms with Gasteiger partial charge in [-0.15, -0.1) is 0 Å². The van der Waals surface area contributed by atoms with Crippen molar-refractivity contribution in [3.63, 3.8) is 0 Å². The van der Waals surface area contributed by atoms with Crippen LogP contribution in [-0.2, 0) is 13.5 Å². The van der Waals surface area contributed by atoms with Gasteiger partial charge in [0.15, 0.2) is 0 Å². The average Bonchev–Trinajstić information content (AvgIpc) is 2.91. The number of nitrogens with two attached hydrogens (primary N) is 1. The molecule has 2 N–H and O–H groups in total. The molecule has 0 saturated heterocycles. The summed E-state index contributed by atoms with van der Waals surface area (Å²) < 4.78 is 3.10. The topological polar surface area (TPSA) is 43.8 Å². The maximum atomic E-state index is 6.54. The number of hydrogen-bond donors (Lipinski definition) is 1. The third-order valence-corrected chi connectivity index (χ3v) is 5.80. The van der Waals surface area contributed by atoms with Gasteiger partial charge in [0.1, 0.15) is 0 Å².